The molecule has 0 heterocycles. The summed E-state index contributed by atoms with van der Waals surface area (Å²) in [6, 6.07) is 3.20. The highest BCUT2D eigenvalue weighted by Crippen LogP contribution is 2.33. The summed E-state index contributed by atoms with van der Waals surface area (Å²) in [6.07, 6.45) is -1.67. The van der Waals surface area contributed by atoms with Crippen LogP contribution < -0.4 is 10.1 Å². The van der Waals surface area contributed by atoms with E-state index in [1.165, 1.54) is 6.07 Å². The third-order valence-electron chi connectivity index (χ3n) is 3.72. The van der Waals surface area contributed by atoms with Crippen molar-refractivity contribution in [1.29, 1.82) is 0 Å². The van der Waals surface area contributed by atoms with Crippen LogP contribution in [0.25, 0.3) is 0 Å². The van der Waals surface area contributed by atoms with E-state index in [2.05, 4.69) is 5.32 Å². The average Bonchev–Trinajstić information content (AvgIpc) is 2.97. The van der Waals surface area contributed by atoms with E-state index in [1.807, 2.05) is 0 Å². The quantitative estimate of drug-likeness (QED) is 0.840. The fourth-order valence-electron chi connectivity index (χ4n) is 2.55. The van der Waals surface area contributed by atoms with Gasteiger partial charge in [0.05, 0.1) is 11.6 Å². The zero-order valence-corrected chi connectivity index (χ0v) is 12.1. The Labute approximate surface area is 130 Å². The first kappa shape index (κ1) is 17.1. The second kappa shape index (κ2) is 7.34. The Morgan fingerprint density at radius 1 is 1.30 bits per heavy atom. The molecule has 1 aliphatic carbocycles. The van der Waals surface area contributed by atoms with E-state index < -0.39 is 42.6 Å². The summed E-state index contributed by atoms with van der Waals surface area (Å²) in [7, 11) is 0. The number of halogens is 3. The largest absolute Gasteiger partial charge is 0.485 e. The molecule has 5 nitrogen and oxygen atoms in total. The summed E-state index contributed by atoms with van der Waals surface area (Å²) in [4.78, 5) is 23.1. The van der Waals surface area contributed by atoms with Crippen molar-refractivity contribution in [3.05, 3.63) is 24.0 Å². The summed E-state index contributed by atoms with van der Waals surface area (Å²) in [5.41, 5.74) is 0.0795. The number of carboxylic acid groups (broad SMARTS) is 1. The Balaban J connectivity index is 2.04. The summed E-state index contributed by atoms with van der Waals surface area (Å²) in [5, 5.41) is 11.4. The number of alkyl halides is 2. The van der Waals surface area contributed by atoms with E-state index in [0.29, 0.717) is 12.8 Å². The van der Waals surface area contributed by atoms with Crippen molar-refractivity contribution >= 4 is 17.6 Å². The van der Waals surface area contributed by atoms with Crippen LogP contribution in [0, 0.1) is 17.7 Å². The molecule has 0 bridgehead atoms. The Bertz CT molecular complexity index is 594. The van der Waals surface area contributed by atoms with Crippen molar-refractivity contribution in [3.8, 4) is 5.75 Å². The molecule has 2 atom stereocenters. The Morgan fingerprint density at radius 3 is 2.61 bits per heavy atom. The van der Waals surface area contributed by atoms with Crippen LogP contribution in [0.5, 0.6) is 5.75 Å². The molecule has 1 saturated carbocycles. The van der Waals surface area contributed by atoms with Gasteiger partial charge in [0.2, 0.25) is 5.91 Å². The number of aliphatic carboxylic acids is 1. The van der Waals surface area contributed by atoms with E-state index in [4.69, 9.17) is 9.84 Å². The molecule has 0 saturated heterocycles. The van der Waals surface area contributed by atoms with Gasteiger partial charge < -0.3 is 15.2 Å². The number of carbonyl (C=O) groups is 2. The minimum absolute atomic E-state index is 0.0795. The lowest BCUT2D eigenvalue weighted by molar-refractivity contribution is -0.141. The smallest absolute Gasteiger partial charge is 0.306 e. The van der Waals surface area contributed by atoms with Crippen molar-refractivity contribution in [1.82, 2.24) is 0 Å². The molecule has 23 heavy (non-hydrogen) atoms. The normalized spacial score (nSPS) is 20.5. The first-order valence-electron chi connectivity index (χ1n) is 7.11. The number of carboxylic acids is 1. The van der Waals surface area contributed by atoms with Gasteiger partial charge in [0.15, 0.2) is 0 Å². The number of nitrogens with one attached hydrogen (secondary N) is 1. The van der Waals surface area contributed by atoms with Gasteiger partial charge in [-0.3, -0.25) is 9.59 Å². The molecule has 1 aromatic rings. The first-order chi connectivity index (χ1) is 10.9. The van der Waals surface area contributed by atoms with Crippen LogP contribution >= 0.6 is 0 Å². The molecule has 2 rings (SSSR count). The molecular formula is C15H16F3NO4. The van der Waals surface area contributed by atoms with Crippen LogP contribution in [-0.2, 0) is 9.59 Å². The maximum Gasteiger partial charge on any atom is 0.306 e. The molecule has 1 aliphatic rings. The highest BCUT2D eigenvalue weighted by molar-refractivity contribution is 5.94. The van der Waals surface area contributed by atoms with Gasteiger partial charge in [0.25, 0.3) is 6.43 Å². The fourth-order valence-corrected chi connectivity index (χ4v) is 2.55. The van der Waals surface area contributed by atoms with E-state index >= 15 is 0 Å². The molecule has 0 aliphatic heterocycles. The summed E-state index contributed by atoms with van der Waals surface area (Å²) in [5.74, 6) is -3.28. The van der Waals surface area contributed by atoms with Gasteiger partial charge in [-0.25, -0.2) is 13.2 Å². The van der Waals surface area contributed by atoms with Gasteiger partial charge in [0, 0.05) is 12.0 Å². The third kappa shape index (κ3) is 4.61. The second-order valence-electron chi connectivity index (χ2n) is 5.38. The minimum atomic E-state index is -2.73. The van der Waals surface area contributed by atoms with Crippen LogP contribution in [0.3, 0.4) is 0 Å². The van der Waals surface area contributed by atoms with Crippen molar-refractivity contribution in [2.24, 2.45) is 11.8 Å². The molecule has 1 fully saturated rings. The van der Waals surface area contributed by atoms with Gasteiger partial charge in [-0.1, -0.05) is 0 Å². The molecule has 1 amide bonds. The van der Waals surface area contributed by atoms with Crippen LogP contribution in [0.1, 0.15) is 19.3 Å². The number of amides is 1. The maximum atomic E-state index is 13.2. The van der Waals surface area contributed by atoms with E-state index in [-0.39, 0.29) is 17.9 Å². The number of rotatable bonds is 6. The number of hydrogen-bond acceptors (Lipinski definition) is 3. The summed E-state index contributed by atoms with van der Waals surface area (Å²) in [6.45, 7) is -0.920. The number of carbonyl (C=O) groups excluding carboxylic acids is 1. The predicted molar refractivity (Wildman–Crippen MR) is 75.0 cm³/mol. The van der Waals surface area contributed by atoms with Gasteiger partial charge in [-0.2, -0.15) is 0 Å². The number of hydrogen-bond donors (Lipinski definition) is 2. The number of anilines is 1. The van der Waals surface area contributed by atoms with Crippen molar-refractivity contribution in [2.75, 3.05) is 11.9 Å². The molecular weight excluding hydrogens is 315 g/mol. The molecule has 1 aromatic carbocycles. The van der Waals surface area contributed by atoms with Gasteiger partial charge >= 0.3 is 5.97 Å². The van der Waals surface area contributed by atoms with Crippen LogP contribution in [0.15, 0.2) is 18.2 Å². The third-order valence-corrected chi connectivity index (χ3v) is 3.72. The summed E-state index contributed by atoms with van der Waals surface area (Å²) < 4.78 is 42.4. The van der Waals surface area contributed by atoms with E-state index in [1.54, 1.807) is 0 Å². The van der Waals surface area contributed by atoms with Crippen molar-refractivity contribution in [3.63, 3.8) is 0 Å². The number of benzene rings is 1. The summed E-state index contributed by atoms with van der Waals surface area (Å²) >= 11 is 0. The van der Waals surface area contributed by atoms with Crippen LogP contribution in [0.2, 0.25) is 0 Å². The van der Waals surface area contributed by atoms with E-state index in [0.717, 1.165) is 12.1 Å². The fraction of sp³-hybridized carbons (Fsp3) is 0.467. The van der Waals surface area contributed by atoms with E-state index in [9.17, 15) is 22.8 Å². The molecule has 8 heteroatoms. The Kier molecular flexibility index (Phi) is 5.46. The first-order valence-corrected chi connectivity index (χ1v) is 7.11. The average molecular weight is 331 g/mol. The SMILES string of the molecule is O=C(O)[C@@H]1CC[C@H](C(=O)Nc2ccc(F)cc2OCC(F)F)C1. The van der Waals surface area contributed by atoms with Gasteiger partial charge in [0.1, 0.15) is 18.2 Å². The topological polar surface area (TPSA) is 75.6 Å². The monoisotopic (exact) mass is 331 g/mol. The molecule has 0 spiro atoms. The lowest BCUT2D eigenvalue weighted by Gasteiger charge is -2.15. The van der Waals surface area contributed by atoms with Crippen LogP contribution in [-0.4, -0.2) is 30.0 Å². The van der Waals surface area contributed by atoms with Crippen molar-refractivity contribution in [2.45, 2.75) is 25.7 Å². The maximum absolute atomic E-state index is 13.2. The molecule has 0 unspecified atom stereocenters. The molecule has 0 aromatic heterocycles. The minimum Gasteiger partial charge on any atom is -0.485 e. The highest BCUT2D eigenvalue weighted by atomic mass is 19.3. The predicted octanol–water partition coefficient (Wildman–Crippen LogP) is 2.91. The molecule has 126 valence electrons. The van der Waals surface area contributed by atoms with Crippen molar-refractivity contribution < 1.29 is 32.6 Å². The lowest BCUT2D eigenvalue weighted by Crippen LogP contribution is -2.22. The Morgan fingerprint density at radius 2 is 2.00 bits per heavy atom. The zero-order valence-electron chi connectivity index (χ0n) is 12.1. The van der Waals surface area contributed by atoms with Gasteiger partial charge in [-0.05, 0) is 31.4 Å². The second-order valence-corrected chi connectivity index (χ2v) is 5.38. The highest BCUT2D eigenvalue weighted by Gasteiger charge is 2.34. The Hall–Kier alpha value is -2.25. The molecule has 2 N–H and O–H groups in total. The zero-order chi connectivity index (χ0) is 17.0. The number of ether oxygens (including phenoxy) is 1. The lowest BCUT2D eigenvalue weighted by atomic mass is 10.0. The van der Waals surface area contributed by atoms with Crippen LogP contribution in [0.4, 0.5) is 18.9 Å². The van der Waals surface area contributed by atoms with Gasteiger partial charge in [-0.15, -0.1) is 0 Å². The standard InChI is InChI=1S/C15H16F3NO4/c16-10-3-4-11(12(6-10)23-7-13(17)18)19-14(20)8-1-2-9(5-8)15(21)22/h3-4,6,8-9,13H,1-2,5,7H2,(H,19,20)(H,21,22)/t8-,9+/m0/s1. The molecule has 0 radical (unpaired) electrons.